The van der Waals surface area contributed by atoms with Crippen molar-refractivity contribution >= 4 is 11.9 Å². The molecule has 0 saturated carbocycles. The van der Waals surface area contributed by atoms with Crippen LogP contribution in [0, 0.1) is 6.92 Å². The van der Waals surface area contributed by atoms with Crippen molar-refractivity contribution in [1.29, 1.82) is 0 Å². The van der Waals surface area contributed by atoms with Gasteiger partial charge in [-0.1, -0.05) is 0 Å². The third kappa shape index (κ3) is 2.64. The highest BCUT2D eigenvalue weighted by molar-refractivity contribution is 6.03. The van der Waals surface area contributed by atoms with Gasteiger partial charge in [0.15, 0.2) is 0 Å². The summed E-state index contributed by atoms with van der Waals surface area (Å²) < 4.78 is 2.96. The molecular weight excluding hydrogens is 274 g/mol. The number of amides is 1. The van der Waals surface area contributed by atoms with E-state index < -0.39 is 11.9 Å². The first-order chi connectivity index (χ1) is 9.82. The summed E-state index contributed by atoms with van der Waals surface area (Å²) in [5.41, 5.74) is 1.72. The number of hydrogen-bond donors (Lipinski definition) is 2. The minimum atomic E-state index is -1.18. The molecule has 1 amide bonds. The zero-order valence-corrected chi connectivity index (χ0v) is 12.3. The molecule has 8 heteroatoms. The number of nitrogens with zero attached hydrogens (tertiary/aromatic N) is 4. The van der Waals surface area contributed by atoms with Crippen molar-refractivity contribution in [1.82, 2.24) is 24.9 Å². The second-order valence-electron chi connectivity index (χ2n) is 4.84. The van der Waals surface area contributed by atoms with Gasteiger partial charge in [0.2, 0.25) is 0 Å². The minimum absolute atomic E-state index is 0.0240. The molecule has 0 radical (unpaired) electrons. The molecule has 2 rings (SSSR count). The number of aromatic nitrogens is 4. The quantitative estimate of drug-likeness (QED) is 0.861. The van der Waals surface area contributed by atoms with Gasteiger partial charge < -0.3 is 10.4 Å². The highest BCUT2D eigenvalue weighted by Gasteiger charge is 2.23. The summed E-state index contributed by atoms with van der Waals surface area (Å²) in [6.45, 7) is 3.72. The van der Waals surface area contributed by atoms with Crippen LogP contribution in [0.15, 0.2) is 12.4 Å². The van der Waals surface area contributed by atoms with Crippen LogP contribution in [0.5, 0.6) is 0 Å². The number of aromatic carboxylic acids is 1. The van der Waals surface area contributed by atoms with Crippen LogP contribution in [0.1, 0.15) is 45.1 Å². The Morgan fingerprint density at radius 2 is 1.86 bits per heavy atom. The Morgan fingerprint density at radius 3 is 2.38 bits per heavy atom. The van der Waals surface area contributed by atoms with Crippen molar-refractivity contribution in [3.05, 3.63) is 34.9 Å². The molecule has 0 saturated heterocycles. The average molecular weight is 291 g/mol. The number of carboxylic acid groups (broad SMARTS) is 1. The normalized spacial score (nSPS) is 12.2. The molecule has 21 heavy (non-hydrogen) atoms. The fourth-order valence-corrected chi connectivity index (χ4v) is 2.15. The monoisotopic (exact) mass is 291 g/mol. The molecule has 0 aliphatic carbocycles. The summed E-state index contributed by atoms with van der Waals surface area (Å²) in [6.07, 6.45) is 2.85. The summed E-state index contributed by atoms with van der Waals surface area (Å²) in [5.74, 6) is -1.67. The van der Waals surface area contributed by atoms with Gasteiger partial charge >= 0.3 is 5.97 Å². The van der Waals surface area contributed by atoms with Gasteiger partial charge in [-0.05, 0) is 13.8 Å². The molecular formula is C13H17N5O3. The summed E-state index contributed by atoms with van der Waals surface area (Å²) >= 11 is 0. The molecule has 0 fully saturated rings. The lowest BCUT2D eigenvalue weighted by molar-refractivity contribution is 0.0690. The third-order valence-corrected chi connectivity index (χ3v) is 3.47. The first-order valence-electron chi connectivity index (χ1n) is 6.37. The molecule has 112 valence electrons. The SMILES string of the molecule is Cc1c(C(C)NC(=O)c2c(C(=O)O)cnn2C)cnn1C. The van der Waals surface area contributed by atoms with Crippen LogP contribution >= 0.6 is 0 Å². The van der Waals surface area contributed by atoms with Crippen molar-refractivity contribution in [2.45, 2.75) is 19.9 Å². The second-order valence-corrected chi connectivity index (χ2v) is 4.84. The number of carboxylic acids is 1. The number of nitrogens with one attached hydrogen (secondary N) is 1. The Bertz CT molecular complexity index is 701. The largest absolute Gasteiger partial charge is 0.478 e. The summed E-state index contributed by atoms with van der Waals surface area (Å²) in [4.78, 5) is 23.4. The fraction of sp³-hybridized carbons (Fsp3) is 0.385. The molecule has 0 aliphatic heterocycles. The Balaban J connectivity index is 2.24. The van der Waals surface area contributed by atoms with Gasteiger partial charge in [-0.2, -0.15) is 10.2 Å². The van der Waals surface area contributed by atoms with Crippen LogP contribution in [0.4, 0.5) is 0 Å². The van der Waals surface area contributed by atoms with Gasteiger partial charge in [0, 0.05) is 25.4 Å². The van der Waals surface area contributed by atoms with Gasteiger partial charge in [0.1, 0.15) is 11.3 Å². The molecule has 2 heterocycles. The number of rotatable bonds is 4. The van der Waals surface area contributed by atoms with Crippen molar-refractivity contribution < 1.29 is 14.7 Å². The smallest absolute Gasteiger partial charge is 0.339 e. The van der Waals surface area contributed by atoms with Gasteiger partial charge in [-0.3, -0.25) is 14.2 Å². The lowest BCUT2D eigenvalue weighted by Gasteiger charge is -2.14. The zero-order valence-electron chi connectivity index (χ0n) is 12.3. The van der Waals surface area contributed by atoms with Gasteiger partial charge in [0.25, 0.3) is 5.91 Å². The van der Waals surface area contributed by atoms with Crippen LogP contribution in [0.25, 0.3) is 0 Å². The molecule has 0 bridgehead atoms. The maximum Gasteiger partial charge on any atom is 0.339 e. The third-order valence-electron chi connectivity index (χ3n) is 3.47. The maximum atomic E-state index is 12.3. The summed E-state index contributed by atoms with van der Waals surface area (Å²) in [5, 5.41) is 19.8. The van der Waals surface area contributed by atoms with E-state index in [4.69, 9.17) is 5.11 Å². The van der Waals surface area contributed by atoms with Crippen LogP contribution in [0.3, 0.4) is 0 Å². The Hall–Kier alpha value is -2.64. The van der Waals surface area contributed by atoms with Crippen LogP contribution < -0.4 is 5.32 Å². The van der Waals surface area contributed by atoms with Crippen LogP contribution in [-0.4, -0.2) is 36.5 Å². The molecule has 0 aliphatic rings. The van der Waals surface area contributed by atoms with E-state index in [1.165, 1.54) is 11.7 Å². The highest BCUT2D eigenvalue weighted by Crippen LogP contribution is 2.17. The van der Waals surface area contributed by atoms with Crippen LogP contribution in [0.2, 0.25) is 0 Å². The minimum Gasteiger partial charge on any atom is -0.478 e. The predicted molar refractivity (Wildman–Crippen MR) is 74.0 cm³/mol. The van der Waals surface area contributed by atoms with E-state index in [1.807, 2.05) is 20.9 Å². The Labute approximate surface area is 121 Å². The molecule has 1 unspecified atom stereocenters. The fourth-order valence-electron chi connectivity index (χ4n) is 2.15. The average Bonchev–Trinajstić information content (AvgIpc) is 2.94. The zero-order chi connectivity index (χ0) is 15.7. The molecule has 2 N–H and O–H groups in total. The molecule has 1 atom stereocenters. The molecule has 2 aromatic rings. The van der Waals surface area contributed by atoms with E-state index >= 15 is 0 Å². The van der Waals surface area contributed by atoms with Crippen molar-refractivity contribution in [3.8, 4) is 0 Å². The lowest BCUT2D eigenvalue weighted by atomic mass is 10.1. The highest BCUT2D eigenvalue weighted by atomic mass is 16.4. The lowest BCUT2D eigenvalue weighted by Crippen LogP contribution is -2.30. The van der Waals surface area contributed by atoms with E-state index in [9.17, 15) is 9.59 Å². The number of carbonyl (C=O) groups is 2. The topological polar surface area (TPSA) is 102 Å². The molecule has 2 aromatic heterocycles. The number of carbonyl (C=O) groups excluding carboxylic acids is 1. The van der Waals surface area contributed by atoms with E-state index in [0.29, 0.717) is 0 Å². The first kappa shape index (κ1) is 14.8. The van der Waals surface area contributed by atoms with E-state index in [1.54, 1.807) is 10.9 Å². The van der Waals surface area contributed by atoms with Crippen molar-refractivity contribution in [2.24, 2.45) is 14.1 Å². The maximum absolute atomic E-state index is 12.3. The second kappa shape index (κ2) is 5.39. The standard InChI is InChI=1S/C13H17N5O3/c1-7(9-5-14-17(3)8(9)2)16-12(19)11-10(13(20)21)6-15-18(11)4/h5-7H,1-4H3,(H,16,19)(H,20,21). The number of aryl methyl sites for hydroxylation is 2. The summed E-state index contributed by atoms with van der Waals surface area (Å²) in [6, 6.07) is -0.289. The Kier molecular flexibility index (Phi) is 3.79. The molecule has 0 spiro atoms. The van der Waals surface area contributed by atoms with Crippen molar-refractivity contribution in [2.75, 3.05) is 0 Å². The van der Waals surface area contributed by atoms with E-state index in [-0.39, 0.29) is 17.3 Å². The molecule has 0 aromatic carbocycles. The number of hydrogen-bond acceptors (Lipinski definition) is 4. The van der Waals surface area contributed by atoms with E-state index in [0.717, 1.165) is 17.5 Å². The van der Waals surface area contributed by atoms with Crippen molar-refractivity contribution in [3.63, 3.8) is 0 Å². The molecule has 8 nitrogen and oxygen atoms in total. The van der Waals surface area contributed by atoms with E-state index in [2.05, 4.69) is 15.5 Å². The van der Waals surface area contributed by atoms with Crippen LogP contribution in [-0.2, 0) is 14.1 Å². The Morgan fingerprint density at radius 1 is 1.24 bits per heavy atom. The summed E-state index contributed by atoms with van der Waals surface area (Å²) in [7, 11) is 3.35. The van der Waals surface area contributed by atoms with Gasteiger partial charge in [0.05, 0.1) is 18.4 Å². The van der Waals surface area contributed by atoms with Gasteiger partial charge in [-0.25, -0.2) is 4.79 Å². The van der Waals surface area contributed by atoms with Gasteiger partial charge in [-0.15, -0.1) is 0 Å². The first-order valence-corrected chi connectivity index (χ1v) is 6.37. The predicted octanol–water partition coefficient (Wildman–Crippen LogP) is 0.651.